The van der Waals surface area contributed by atoms with E-state index in [1.165, 1.54) is 109 Å². The Morgan fingerprint density at radius 3 is 0.840 bits per heavy atom. The van der Waals surface area contributed by atoms with Crippen molar-refractivity contribution in [1.82, 2.24) is 0 Å². The van der Waals surface area contributed by atoms with Crippen molar-refractivity contribution in [3.05, 3.63) is 0 Å². The summed E-state index contributed by atoms with van der Waals surface area (Å²) in [5.74, 6) is -0.795. The maximum Gasteiger partial charge on any atom is 0.472 e. The summed E-state index contributed by atoms with van der Waals surface area (Å²) in [5.41, 5.74) is 0. The van der Waals surface area contributed by atoms with Crippen LogP contribution in [0, 0.1) is 11.8 Å². The van der Waals surface area contributed by atoms with E-state index in [2.05, 4.69) is 41.5 Å². The maximum atomic E-state index is 12.9. The number of aliphatic hydroxyl groups is 1. The molecule has 0 aromatic heterocycles. The largest absolute Gasteiger partial charge is 0.472 e. The van der Waals surface area contributed by atoms with E-state index in [1.54, 1.807) is 0 Å². The van der Waals surface area contributed by atoms with Crippen LogP contribution in [0.5, 0.6) is 0 Å². The van der Waals surface area contributed by atoms with Gasteiger partial charge in [0.25, 0.3) is 0 Å². The van der Waals surface area contributed by atoms with Gasteiger partial charge in [-0.05, 0) is 37.5 Å². The lowest BCUT2D eigenvalue weighted by Crippen LogP contribution is -2.30. The van der Waals surface area contributed by atoms with Gasteiger partial charge in [-0.2, -0.15) is 0 Å². The Kier molecular flexibility index (Phi) is 53.4. The Morgan fingerprint density at radius 1 is 0.333 bits per heavy atom. The smallest absolute Gasteiger partial charge is 0.462 e. The molecule has 0 aromatic carbocycles. The molecule has 0 fully saturated rings. The number of hydrogen-bond donors (Lipinski definition) is 3. The van der Waals surface area contributed by atoms with Crippen LogP contribution in [-0.2, 0) is 65.4 Å². The third-order valence-electron chi connectivity index (χ3n) is 14.2. The van der Waals surface area contributed by atoms with Crippen LogP contribution in [0.25, 0.3) is 0 Å². The molecule has 5 atom stereocenters. The number of phosphoric ester groups is 2. The van der Waals surface area contributed by atoms with E-state index < -0.39 is 97.5 Å². The van der Waals surface area contributed by atoms with Crippen molar-refractivity contribution in [2.24, 2.45) is 11.8 Å². The molecule has 0 aliphatic carbocycles. The first-order chi connectivity index (χ1) is 38.9. The normalized spacial score (nSPS) is 14.4. The van der Waals surface area contributed by atoms with E-state index in [0.717, 1.165) is 103 Å². The number of hydrogen-bond acceptors (Lipinski definition) is 15. The Morgan fingerprint density at radius 2 is 0.568 bits per heavy atom. The van der Waals surface area contributed by atoms with Crippen LogP contribution < -0.4 is 0 Å². The highest BCUT2D eigenvalue weighted by molar-refractivity contribution is 7.47. The number of ether oxygens (including phenoxy) is 4. The van der Waals surface area contributed by atoms with Crippen LogP contribution >= 0.6 is 15.6 Å². The van der Waals surface area contributed by atoms with Crippen LogP contribution in [0.15, 0.2) is 0 Å². The van der Waals surface area contributed by atoms with Gasteiger partial charge in [-0.3, -0.25) is 37.3 Å². The minimum Gasteiger partial charge on any atom is -0.462 e. The number of unbranched alkanes of at least 4 members (excludes halogenated alkanes) is 31. The molecule has 480 valence electrons. The van der Waals surface area contributed by atoms with Gasteiger partial charge in [-0.1, -0.05) is 253 Å². The van der Waals surface area contributed by atoms with Crippen molar-refractivity contribution in [1.29, 1.82) is 0 Å². The van der Waals surface area contributed by atoms with Gasteiger partial charge < -0.3 is 33.8 Å². The first-order valence-electron chi connectivity index (χ1n) is 32.5. The number of carbonyl (C=O) groups is 4. The monoisotopic (exact) mass is 1200 g/mol. The first-order valence-corrected chi connectivity index (χ1v) is 35.5. The van der Waals surface area contributed by atoms with E-state index in [9.17, 15) is 43.2 Å². The van der Waals surface area contributed by atoms with Crippen LogP contribution in [0.3, 0.4) is 0 Å². The number of esters is 4. The SMILES string of the molecule is CCCCCCCCCCCCCCCCCC(=O)O[C@H](COC(=O)CCCCCCCCC(C)C)COP(=O)(O)OC[C@@H](O)COP(=O)(O)OC[C@@H](COC(=O)CCCCCCCCCC)OC(=O)CCCCCCCCC(C)C. The molecule has 2 unspecified atom stereocenters. The van der Waals surface area contributed by atoms with Crippen LogP contribution in [0.1, 0.15) is 305 Å². The van der Waals surface area contributed by atoms with Gasteiger partial charge in [0.1, 0.15) is 19.3 Å². The lowest BCUT2D eigenvalue weighted by molar-refractivity contribution is -0.161. The van der Waals surface area contributed by atoms with E-state index in [1.807, 2.05) is 0 Å². The van der Waals surface area contributed by atoms with Gasteiger partial charge in [0, 0.05) is 25.7 Å². The summed E-state index contributed by atoms with van der Waals surface area (Å²) in [4.78, 5) is 72.0. The van der Waals surface area contributed by atoms with Gasteiger partial charge in [0.2, 0.25) is 0 Å². The Hall–Kier alpha value is -1.94. The van der Waals surface area contributed by atoms with Crippen molar-refractivity contribution >= 4 is 39.5 Å². The average molecular weight is 1200 g/mol. The number of phosphoric acid groups is 2. The van der Waals surface area contributed by atoms with Gasteiger partial charge in [0.15, 0.2) is 12.2 Å². The summed E-state index contributed by atoms with van der Waals surface area (Å²) in [6.45, 7) is 9.28. The minimum absolute atomic E-state index is 0.102. The molecule has 0 radical (unpaired) electrons. The molecule has 0 rings (SSSR count). The first kappa shape index (κ1) is 79.1. The predicted octanol–water partition coefficient (Wildman–Crippen LogP) is 16.9. The summed E-state index contributed by atoms with van der Waals surface area (Å²) in [6.07, 6.45) is 36.6. The number of rotatable bonds is 61. The molecule has 0 amide bonds. The molecule has 0 saturated carbocycles. The fourth-order valence-corrected chi connectivity index (χ4v) is 10.8. The van der Waals surface area contributed by atoms with E-state index in [4.69, 9.17) is 37.0 Å². The molecule has 0 aromatic rings. The second kappa shape index (κ2) is 54.7. The van der Waals surface area contributed by atoms with Gasteiger partial charge in [-0.15, -0.1) is 0 Å². The lowest BCUT2D eigenvalue weighted by Gasteiger charge is -2.21. The summed E-state index contributed by atoms with van der Waals surface area (Å²) < 4.78 is 67.8. The van der Waals surface area contributed by atoms with E-state index >= 15 is 0 Å². The molecule has 3 N–H and O–H groups in total. The molecule has 19 heteroatoms. The zero-order valence-electron chi connectivity index (χ0n) is 52.1. The van der Waals surface area contributed by atoms with E-state index in [0.29, 0.717) is 37.5 Å². The molecule has 0 bridgehead atoms. The molecule has 0 saturated heterocycles. The van der Waals surface area contributed by atoms with Crippen molar-refractivity contribution < 1.29 is 80.2 Å². The zero-order chi connectivity index (χ0) is 60.1. The van der Waals surface area contributed by atoms with Gasteiger partial charge in [0.05, 0.1) is 26.4 Å². The molecule has 0 spiro atoms. The van der Waals surface area contributed by atoms with Crippen molar-refractivity contribution in [3.63, 3.8) is 0 Å². The summed E-state index contributed by atoms with van der Waals surface area (Å²) in [6, 6.07) is 0. The van der Waals surface area contributed by atoms with Crippen LogP contribution in [-0.4, -0.2) is 96.7 Å². The van der Waals surface area contributed by atoms with Crippen LogP contribution in [0.4, 0.5) is 0 Å². The minimum atomic E-state index is -4.94. The molecular formula is C62H120O17P2. The number of carbonyl (C=O) groups excluding carboxylic acids is 4. The van der Waals surface area contributed by atoms with Crippen molar-refractivity contribution in [2.45, 2.75) is 323 Å². The molecule has 0 heterocycles. The maximum absolute atomic E-state index is 12.9. The Bertz CT molecular complexity index is 1600. The highest BCUT2D eigenvalue weighted by atomic mass is 31.2. The molecule has 0 aliphatic rings. The fourth-order valence-electron chi connectivity index (χ4n) is 9.18. The lowest BCUT2D eigenvalue weighted by atomic mass is 10.0. The highest BCUT2D eigenvalue weighted by Gasteiger charge is 2.30. The van der Waals surface area contributed by atoms with E-state index in [-0.39, 0.29) is 25.7 Å². The average Bonchev–Trinajstić information content (AvgIpc) is 3.42. The Labute approximate surface area is 492 Å². The third kappa shape index (κ3) is 56.9. The number of aliphatic hydroxyl groups excluding tert-OH is 1. The van der Waals surface area contributed by atoms with Crippen LogP contribution in [0.2, 0.25) is 0 Å². The molecule has 81 heavy (non-hydrogen) atoms. The second-order valence-corrected chi connectivity index (χ2v) is 26.3. The molecular weight excluding hydrogens is 1080 g/mol. The van der Waals surface area contributed by atoms with Crippen molar-refractivity contribution in [3.8, 4) is 0 Å². The van der Waals surface area contributed by atoms with Gasteiger partial charge >= 0.3 is 39.5 Å². The summed E-state index contributed by atoms with van der Waals surface area (Å²) in [5, 5.41) is 10.5. The summed E-state index contributed by atoms with van der Waals surface area (Å²) in [7, 11) is -9.88. The quantitative estimate of drug-likeness (QED) is 0.0222. The molecule has 17 nitrogen and oxygen atoms in total. The van der Waals surface area contributed by atoms with Crippen molar-refractivity contribution in [2.75, 3.05) is 39.6 Å². The van der Waals surface area contributed by atoms with Gasteiger partial charge in [-0.25, -0.2) is 9.13 Å². The third-order valence-corrected chi connectivity index (χ3v) is 16.1. The zero-order valence-corrected chi connectivity index (χ0v) is 53.9. The highest BCUT2D eigenvalue weighted by Crippen LogP contribution is 2.45. The fraction of sp³-hybridized carbons (Fsp3) is 0.935. The topological polar surface area (TPSA) is 237 Å². The Balaban J connectivity index is 5.20. The second-order valence-electron chi connectivity index (χ2n) is 23.4. The summed E-state index contributed by atoms with van der Waals surface area (Å²) >= 11 is 0. The predicted molar refractivity (Wildman–Crippen MR) is 321 cm³/mol. The molecule has 0 aliphatic heterocycles. The standard InChI is InChI=1S/C62H120O17P2/c1-7-9-11-13-15-17-18-19-20-21-22-23-25-34-40-46-61(66)78-57(51-73-60(65)45-39-33-28-26-30-36-42-54(3)4)52-76-80(68,69)74-48-56(63)49-75-81(70,71)77-53-58(50-72-59(64)44-38-32-24-16-14-12-10-8-2)79-62(67)47-41-35-29-27-31-37-43-55(5)6/h54-58,63H,7-53H2,1-6H3,(H,68,69)(H,70,71)/t56-,57-,58-/m1/s1.